The molecule has 1 N–H and O–H groups in total. The van der Waals surface area contributed by atoms with Gasteiger partial charge in [0.15, 0.2) is 0 Å². The molecule has 1 saturated carbocycles. The van der Waals surface area contributed by atoms with Gasteiger partial charge in [0.2, 0.25) is 0 Å². The summed E-state index contributed by atoms with van der Waals surface area (Å²) in [6, 6.07) is 4.13. The Balaban J connectivity index is 1.65. The number of rotatable bonds is 4. The van der Waals surface area contributed by atoms with Gasteiger partial charge in [-0.15, -0.1) is 0 Å². The topological polar surface area (TPSA) is 24.9 Å². The lowest BCUT2D eigenvalue weighted by Gasteiger charge is -2.26. The molecule has 0 aromatic carbocycles. The van der Waals surface area contributed by atoms with E-state index >= 15 is 0 Å². The summed E-state index contributed by atoms with van der Waals surface area (Å²) in [7, 11) is 0. The first-order valence-corrected chi connectivity index (χ1v) is 6.44. The van der Waals surface area contributed by atoms with E-state index in [1.165, 1.54) is 37.8 Å². The first-order valence-electron chi connectivity index (χ1n) is 6.44. The molecular weight excluding hydrogens is 196 g/mol. The van der Waals surface area contributed by atoms with Gasteiger partial charge in [0.25, 0.3) is 0 Å². The van der Waals surface area contributed by atoms with Gasteiger partial charge in [0.05, 0.1) is 0 Å². The number of nitrogens with zero attached hydrogens (tertiary/aromatic N) is 1. The minimum absolute atomic E-state index is 0.896. The summed E-state index contributed by atoms with van der Waals surface area (Å²) in [6.45, 7) is 4.50. The van der Waals surface area contributed by atoms with Gasteiger partial charge in [0, 0.05) is 18.9 Å². The molecule has 2 nitrogen and oxygen atoms in total. The molecule has 0 atom stereocenters. The number of aromatic nitrogens is 1. The zero-order valence-corrected chi connectivity index (χ0v) is 10.2. The minimum Gasteiger partial charge on any atom is -0.312 e. The van der Waals surface area contributed by atoms with E-state index in [0.717, 1.165) is 18.4 Å². The first kappa shape index (κ1) is 11.6. The second kappa shape index (κ2) is 6.00. The molecule has 0 unspecified atom stereocenters. The van der Waals surface area contributed by atoms with Crippen LogP contribution < -0.4 is 5.32 Å². The SMILES string of the molecule is CC1CCC(CNCc2cccnc2)CC1. The van der Waals surface area contributed by atoms with Crippen LogP contribution in [0.15, 0.2) is 24.5 Å². The van der Waals surface area contributed by atoms with Crippen molar-refractivity contribution in [1.82, 2.24) is 10.3 Å². The Labute approximate surface area is 98.5 Å². The lowest BCUT2D eigenvalue weighted by Crippen LogP contribution is -2.25. The quantitative estimate of drug-likeness (QED) is 0.840. The summed E-state index contributed by atoms with van der Waals surface area (Å²) >= 11 is 0. The van der Waals surface area contributed by atoms with Gasteiger partial charge in [-0.05, 0) is 42.9 Å². The summed E-state index contributed by atoms with van der Waals surface area (Å²) in [5, 5.41) is 3.55. The molecule has 0 bridgehead atoms. The van der Waals surface area contributed by atoms with E-state index in [-0.39, 0.29) is 0 Å². The molecule has 16 heavy (non-hydrogen) atoms. The third-order valence-corrected chi connectivity index (χ3v) is 3.62. The maximum atomic E-state index is 4.12. The molecule has 1 heterocycles. The van der Waals surface area contributed by atoms with E-state index < -0.39 is 0 Å². The average molecular weight is 218 g/mol. The third kappa shape index (κ3) is 3.60. The zero-order chi connectivity index (χ0) is 11.2. The monoisotopic (exact) mass is 218 g/mol. The molecule has 2 rings (SSSR count). The van der Waals surface area contributed by atoms with Crippen LogP contribution in [-0.2, 0) is 6.54 Å². The van der Waals surface area contributed by atoms with Crippen molar-refractivity contribution < 1.29 is 0 Å². The van der Waals surface area contributed by atoms with Gasteiger partial charge in [-0.25, -0.2) is 0 Å². The van der Waals surface area contributed by atoms with Gasteiger partial charge >= 0.3 is 0 Å². The van der Waals surface area contributed by atoms with Crippen molar-refractivity contribution in [3.8, 4) is 0 Å². The summed E-state index contributed by atoms with van der Waals surface area (Å²) in [6.07, 6.45) is 9.41. The first-order chi connectivity index (χ1) is 7.84. The van der Waals surface area contributed by atoms with Crippen molar-refractivity contribution in [1.29, 1.82) is 0 Å². The number of hydrogen-bond acceptors (Lipinski definition) is 2. The van der Waals surface area contributed by atoms with Crippen LogP contribution in [0, 0.1) is 11.8 Å². The largest absolute Gasteiger partial charge is 0.312 e. The molecule has 1 aromatic heterocycles. The van der Waals surface area contributed by atoms with Crippen molar-refractivity contribution in [2.24, 2.45) is 11.8 Å². The second-order valence-electron chi connectivity index (χ2n) is 5.12. The van der Waals surface area contributed by atoms with Crippen LogP contribution in [-0.4, -0.2) is 11.5 Å². The molecular formula is C14H22N2. The lowest BCUT2D eigenvalue weighted by molar-refractivity contribution is 0.281. The van der Waals surface area contributed by atoms with E-state index in [9.17, 15) is 0 Å². The maximum absolute atomic E-state index is 4.12. The standard InChI is InChI=1S/C14H22N2/c1-12-4-6-13(7-5-12)9-16-11-14-3-2-8-15-10-14/h2-3,8,10,12-13,16H,4-7,9,11H2,1H3. The predicted molar refractivity (Wildman–Crippen MR) is 67.1 cm³/mol. The van der Waals surface area contributed by atoms with Crippen molar-refractivity contribution >= 4 is 0 Å². The summed E-state index contributed by atoms with van der Waals surface area (Å²) < 4.78 is 0. The van der Waals surface area contributed by atoms with Crippen LogP contribution in [0.1, 0.15) is 38.2 Å². The van der Waals surface area contributed by atoms with Crippen LogP contribution >= 0.6 is 0 Å². The van der Waals surface area contributed by atoms with E-state index in [1.807, 2.05) is 18.5 Å². The molecule has 0 saturated heterocycles. The van der Waals surface area contributed by atoms with Crippen molar-refractivity contribution in [2.45, 2.75) is 39.2 Å². The highest BCUT2D eigenvalue weighted by Gasteiger charge is 2.17. The summed E-state index contributed by atoms with van der Waals surface area (Å²) in [5.74, 6) is 1.85. The zero-order valence-electron chi connectivity index (χ0n) is 10.2. The smallest absolute Gasteiger partial charge is 0.0312 e. The number of pyridine rings is 1. The summed E-state index contributed by atoms with van der Waals surface area (Å²) in [5.41, 5.74) is 1.28. The van der Waals surface area contributed by atoms with Gasteiger partial charge in [-0.2, -0.15) is 0 Å². The van der Waals surface area contributed by atoms with Crippen LogP contribution in [0.5, 0.6) is 0 Å². The third-order valence-electron chi connectivity index (χ3n) is 3.62. The van der Waals surface area contributed by atoms with Gasteiger partial charge < -0.3 is 5.32 Å². The molecule has 88 valence electrons. The fraction of sp³-hybridized carbons (Fsp3) is 0.643. The van der Waals surface area contributed by atoms with Crippen molar-refractivity contribution in [3.63, 3.8) is 0 Å². The molecule has 1 fully saturated rings. The molecule has 1 aromatic rings. The molecule has 1 aliphatic rings. The maximum Gasteiger partial charge on any atom is 0.0312 e. The van der Waals surface area contributed by atoms with Crippen LogP contribution in [0.25, 0.3) is 0 Å². The molecule has 2 heteroatoms. The Morgan fingerprint density at radius 1 is 1.31 bits per heavy atom. The van der Waals surface area contributed by atoms with Crippen molar-refractivity contribution in [3.05, 3.63) is 30.1 Å². The molecule has 1 aliphatic carbocycles. The predicted octanol–water partition coefficient (Wildman–Crippen LogP) is 3.00. The Kier molecular flexibility index (Phi) is 4.34. The Hall–Kier alpha value is -0.890. The number of nitrogens with one attached hydrogen (secondary N) is 1. The Morgan fingerprint density at radius 3 is 2.81 bits per heavy atom. The molecule has 0 aliphatic heterocycles. The molecule has 0 amide bonds. The fourth-order valence-corrected chi connectivity index (χ4v) is 2.46. The van der Waals surface area contributed by atoms with E-state index in [4.69, 9.17) is 0 Å². The molecule has 0 radical (unpaired) electrons. The fourth-order valence-electron chi connectivity index (χ4n) is 2.46. The van der Waals surface area contributed by atoms with Crippen LogP contribution in [0.2, 0.25) is 0 Å². The van der Waals surface area contributed by atoms with E-state index in [0.29, 0.717) is 0 Å². The second-order valence-corrected chi connectivity index (χ2v) is 5.12. The van der Waals surface area contributed by atoms with Crippen LogP contribution in [0.4, 0.5) is 0 Å². The van der Waals surface area contributed by atoms with Crippen molar-refractivity contribution in [2.75, 3.05) is 6.54 Å². The lowest BCUT2D eigenvalue weighted by atomic mass is 9.83. The number of hydrogen-bond donors (Lipinski definition) is 1. The molecule has 0 spiro atoms. The van der Waals surface area contributed by atoms with E-state index in [2.05, 4.69) is 23.3 Å². The Bertz CT molecular complexity index is 289. The van der Waals surface area contributed by atoms with Gasteiger partial charge in [0.1, 0.15) is 0 Å². The van der Waals surface area contributed by atoms with E-state index in [1.54, 1.807) is 0 Å². The van der Waals surface area contributed by atoms with Gasteiger partial charge in [-0.3, -0.25) is 4.98 Å². The highest BCUT2D eigenvalue weighted by molar-refractivity contribution is 5.07. The Morgan fingerprint density at radius 2 is 2.12 bits per heavy atom. The minimum atomic E-state index is 0.896. The normalized spacial score (nSPS) is 25.6. The summed E-state index contributed by atoms with van der Waals surface area (Å²) in [4.78, 5) is 4.12. The highest BCUT2D eigenvalue weighted by Crippen LogP contribution is 2.27. The highest BCUT2D eigenvalue weighted by atomic mass is 14.9. The van der Waals surface area contributed by atoms with Crippen LogP contribution in [0.3, 0.4) is 0 Å². The average Bonchev–Trinajstić information content (AvgIpc) is 2.33. The van der Waals surface area contributed by atoms with Gasteiger partial charge in [-0.1, -0.05) is 25.8 Å².